The van der Waals surface area contributed by atoms with E-state index < -0.39 is 40.7 Å². The van der Waals surface area contributed by atoms with Crippen LogP contribution in [0.25, 0.3) is 0 Å². The minimum absolute atomic E-state index is 0.155. The molecule has 3 aliphatic rings. The Balaban J connectivity index is 1.45. The number of methoxy groups -OCH3 is 1. The summed E-state index contributed by atoms with van der Waals surface area (Å²) in [6, 6.07) is 17.7. The zero-order chi connectivity index (χ0) is 25.8. The van der Waals surface area contributed by atoms with Gasteiger partial charge in [0.15, 0.2) is 5.78 Å². The Morgan fingerprint density at radius 2 is 1.62 bits per heavy atom. The van der Waals surface area contributed by atoms with Crippen molar-refractivity contribution in [1.29, 1.82) is 0 Å². The summed E-state index contributed by atoms with van der Waals surface area (Å²) in [7, 11) is 1.53. The van der Waals surface area contributed by atoms with Crippen molar-refractivity contribution in [2.75, 3.05) is 12.0 Å². The normalized spacial score (nSPS) is 23.5. The first-order valence-electron chi connectivity index (χ1n) is 11.6. The van der Waals surface area contributed by atoms with Gasteiger partial charge in [-0.05, 0) is 47.5 Å². The summed E-state index contributed by atoms with van der Waals surface area (Å²) in [4.78, 5) is 53.1. The molecule has 0 N–H and O–H groups in total. The number of fused-ring (bicyclic) bond motifs is 5. The van der Waals surface area contributed by atoms with E-state index in [4.69, 9.17) is 4.74 Å². The molecule has 0 bridgehead atoms. The van der Waals surface area contributed by atoms with Crippen molar-refractivity contribution in [2.24, 2.45) is 16.9 Å². The summed E-state index contributed by atoms with van der Waals surface area (Å²) in [5.74, 6) is -2.57. The van der Waals surface area contributed by atoms with Crippen LogP contribution in [-0.2, 0) is 9.59 Å². The number of ether oxygens (including phenoxy) is 1. The van der Waals surface area contributed by atoms with Crippen LogP contribution in [0.15, 0.2) is 77.9 Å². The van der Waals surface area contributed by atoms with E-state index in [1.165, 1.54) is 31.4 Å². The summed E-state index contributed by atoms with van der Waals surface area (Å²) >= 11 is 0. The number of Topliss-reactive ketones (excluding diaryl/α,β-unsaturated/α-hetero) is 1. The van der Waals surface area contributed by atoms with Crippen LogP contribution in [0.5, 0.6) is 5.75 Å². The molecule has 0 unspecified atom stereocenters. The number of hydrogen-bond acceptors (Lipinski definition) is 8. The summed E-state index contributed by atoms with van der Waals surface area (Å²) in [5.41, 5.74) is 2.06. The largest absolute Gasteiger partial charge is 0.497 e. The van der Waals surface area contributed by atoms with Crippen molar-refractivity contribution in [2.45, 2.75) is 12.1 Å². The lowest BCUT2D eigenvalue weighted by molar-refractivity contribution is -0.384. The molecule has 184 valence electrons. The molecule has 37 heavy (non-hydrogen) atoms. The number of ketones is 1. The van der Waals surface area contributed by atoms with E-state index in [1.807, 2.05) is 24.3 Å². The third kappa shape index (κ3) is 3.33. The average molecular weight is 496 g/mol. The zero-order valence-corrected chi connectivity index (χ0v) is 19.6. The molecule has 0 radical (unpaired) electrons. The van der Waals surface area contributed by atoms with Gasteiger partial charge in [0.25, 0.3) is 5.69 Å². The summed E-state index contributed by atoms with van der Waals surface area (Å²) in [6.07, 6.45) is 1.64. The van der Waals surface area contributed by atoms with Crippen LogP contribution in [0.4, 0.5) is 11.4 Å². The highest BCUT2D eigenvalue weighted by Gasteiger charge is 2.65. The number of amides is 2. The number of hydrazone groups is 1. The van der Waals surface area contributed by atoms with Crippen molar-refractivity contribution < 1.29 is 24.0 Å². The molecule has 4 atom stereocenters. The minimum atomic E-state index is -1.01. The van der Waals surface area contributed by atoms with Crippen molar-refractivity contribution in [3.8, 4) is 5.75 Å². The van der Waals surface area contributed by atoms with Crippen LogP contribution in [0, 0.1) is 22.0 Å². The molecular weight excluding hydrogens is 476 g/mol. The summed E-state index contributed by atoms with van der Waals surface area (Å²) in [6.45, 7) is 0. The number of nitro benzene ring substituents is 1. The van der Waals surface area contributed by atoms with Gasteiger partial charge in [0, 0.05) is 17.7 Å². The molecule has 0 saturated carbocycles. The third-order valence-corrected chi connectivity index (χ3v) is 7.26. The maximum Gasteiger partial charge on any atom is 0.269 e. The second kappa shape index (κ2) is 8.37. The lowest BCUT2D eigenvalue weighted by atomic mass is 9.83. The highest BCUT2D eigenvalue weighted by molar-refractivity contribution is 6.24. The maximum absolute atomic E-state index is 13.9. The monoisotopic (exact) mass is 496 g/mol. The number of benzene rings is 3. The van der Waals surface area contributed by atoms with Gasteiger partial charge in [-0.1, -0.05) is 24.3 Å². The lowest BCUT2D eigenvalue weighted by Crippen LogP contribution is -2.44. The molecule has 0 aliphatic carbocycles. The van der Waals surface area contributed by atoms with Gasteiger partial charge in [-0.2, -0.15) is 5.10 Å². The van der Waals surface area contributed by atoms with Gasteiger partial charge >= 0.3 is 0 Å². The Kier molecular flexibility index (Phi) is 5.11. The molecule has 0 aromatic heterocycles. The zero-order valence-electron chi connectivity index (χ0n) is 19.6. The first-order valence-corrected chi connectivity index (χ1v) is 11.6. The van der Waals surface area contributed by atoms with E-state index in [0.717, 1.165) is 16.0 Å². The van der Waals surface area contributed by atoms with E-state index in [-0.39, 0.29) is 17.2 Å². The summed E-state index contributed by atoms with van der Waals surface area (Å²) < 4.78 is 5.19. The van der Waals surface area contributed by atoms with Gasteiger partial charge in [0.1, 0.15) is 11.8 Å². The Bertz CT molecular complexity index is 1480. The number of carbonyl (C=O) groups is 3. The van der Waals surface area contributed by atoms with Crippen LogP contribution < -0.4 is 9.64 Å². The Morgan fingerprint density at radius 1 is 0.946 bits per heavy atom. The first-order chi connectivity index (χ1) is 17.9. The molecule has 6 rings (SSSR count). The topological polar surface area (TPSA) is 122 Å². The number of carbonyl (C=O) groups excluding carboxylic acids is 3. The first kappa shape index (κ1) is 22.6. The molecule has 10 heteroatoms. The van der Waals surface area contributed by atoms with Crippen LogP contribution in [0.2, 0.25) is 0 Å². The fourth-order valence-corrected chi connectivity index (χ4v) is 5.57. The number of non-ortho nitro benzene ring substituents is 1. The minimum Gasteiger partial charge on any atom is -0.497 e. The van der Waals surface area contributed by atoms with Crippen molar-refractivity contribution in [3.05, 3.63) is 99.6 Å². The average Bonchev–Trinajstić information content (AvgIpc) is 3.40. The number of anilines is 1. The van der Waals surface area contributed by atoms with E-state index >= 15 is 0 Å². The Labute approximate surface area is 210 Å². The molecule has 3 aromatic rings. The molecule has 3 heterocycles. The molecule has 10 nitrogen and oxygen atoms in total. The molecule has 0 spiro atoms. The van der Waals surface area contributed by atoms with Gasteiger partial charge in [-0.3, -0.25) is 29.5 Å². The number of rotatable bonds is 5. The van der Waals surface area contributed by atoms with Crippen LogP contribution >= 0.6 is 0 Å². The van der Waals surface area contributed by atoms with E-state index in [1.54, 1.807) is 35.5 Å². The second-order valence-corrected chi connectivity index (χ2v) is 9.07. The predicted octanol–water partition coefficient (Wildman–Crippen LogP) is 3.36. The molecule has 3 aliphatic heterocycles. The van der Waals surface area contributed by atoms with Crippen LogP contribution in [0.3, 0.4) is 0 Å². The molecule has 2 fully saturated rings. The maximum atomic E-state index is 13.9. The van der Waals surface area contributed by atoms with Crippen LogP contribution in [-0.4, -0.2) is 46.9 Å². The standard InChI is InChI=1S/C27H20N4O6/c1-37-19-12-6-15(7-13-19)25(32)24-22-21(23-20-5-3-2-4-16(20)14-28-30(23)24)26(33)29(27(22)34)17-8-10-18(11-9-17)31(35)36/h2-14,21-24H,1H3/t21-,22+,23-,24-/m1/s1. The van der Waals surface area contributed by atoms with Gasteiger partial charge in [0.2, 0.25) is 11.8 Å². The molecule has 2 amide bonds. The van der Waals surface area contributed by atoms with Gasteiger partial charge in [-0.25, -0.2) is 4.90 Å². The molecule has 3 aromatic carbocycles. The smallest absolute Gasteiger partial charge is 0.269 e. The van der Waals surface area contributed by atoms with Gasteiger partial charge in [0.05, 0.1) is 41.8 Å². The van der Waals surface area contributed by atoms with Crippen molar-refractivity contribution >= 4 is 35.2 Å². The lowest BCUT2D eigenvalue weighted by Gasteiger charge is -2.33. The van der Waals surface area contributed by atoms with Gasteiger partial charge < -0.3 is 4.74 Å². The number of nitrogens with zero attached hydrogens (tertiary/aromatic N) is 4. The van der Waals surface area contributed by atoms with Crippen LogP contribution in [0.1, 0.15) is 27.5 Å². The number of hydrogen-bond donors (Lipinski definition) is 0. The van der Waals surface area contributed by atoms with E-state index in [2.05, 4.69) is 5.10 Å². The molecular formula is C27H20N4O6. The Morgan fingerprint density at radius 3 is 2.30 bits per heavy atom. The highest BCUT2D eigenvalue weighted by atomic mass is 16.6. The Hall–Kier alpha value is -4.86. The fourth-order valence-electron chi connectivity index (χ4n) is 5.57. The van der Waals surface area contributed by atoms with Crippen molar-refractivity contribution in [3.63, 3.8) is 0 Å². The van der Waals surface area contributed by atoms with Crippen molar-refractivity contribution in [1.82, 2.24) is 5.01 Å². The number of nitro groups is 1. The molecule has 2 saturated heterocycles. The van der Waals surface area contributed by atoms with E-state index in [0.29, 0.717) is 11.3 Å². The van der Waals surface area contributed by atoms with E-state index in [9.17, 15) is 24.5 Å². The number of imide groups is 1. The SMILES string of the molecule is COc1ccc(C(=O)[C@H]2[C@H]3C(=O)N(c4ccc([N+](=O)[O-])cc4)C(=O)[C@H]3[C@H]3c4ccccc4C=NN32)cc1. The quantitative estimate of drug-likeness (QED) is 0.230. The second-order valence-electron chi connectivity index (χ2n) is 9.07. The third-order valence-electron chi connectivity index (χ3n) is 7.26. The fraction of sp³-hybridized carbons (Fsp3) is 0.185. The summed E-state index contributed by atoms with van der Waals surface area (Å²) in [5, 5.41) is 17.2. The van der Waals surface area contributed by atoms with Gasteiger partial charge in [-0.15, -0.1) is 0 Å². The highest BCUT2D eigenvalue weighted by Crippen LogP contribution is 2.53. The predicted molar refractivity (Wildman–Crippen MR) is 132 cm³/mol.